The quantitative estimate of drug-likeness (QED) is 0.520. The number of non-ortho nitro benzene ring substituents is 1. The van der Waals surface area contributed by atoms with Crippen LogP contribution in [0, 0.1) is 16.0 Å². The molecule has 0 saturated carbocycles. The highest BCUT2D eigenvalue weighted by Crippen LogP contribution is 2.37. The maximum atomic E-state index is 13.1. The van der Waals surface area contributed by atoms with Gasteiger partial charge in [-0.2, -0.15) is 0 Å². The van der Waals surface area contributed by atoms with Crippen molar-refractivity contribution >= 4 is 17.3 Å². The van der Waals surface area contributed by atoms with E-state index in [1.165, 1.54) is 6.07 Å². The van der Waals surface area contributed by atoms with Crippen molar-refractivity contribution < 1.29 is 23.9 Å². The summed E-state index contributed by atoms with van der Waals surface area (Å²) in [5.74, 6) is 0.905. The number of nitro groups is 1. The van der Waals surface area contributed by atoms with Crippen LogP contribution in [0.3, 0.4) is 0 Å². The summed E-state index contributed by atoms with van der Waals surface area (Å²) >= 11 is 0. The molecule has 9 heteroatoms. The molecule has 2 heterocycles. The van der Waals surface area contributed by atoms with E-state index in [1.54, 1.807) is 26.4 Å². The molecule has 2 aliphatic rings. The van der Waals surface area contributed by atoms with Crippen LogP contribution in [-0.2, 0) is 22.4 Å². The smallest absolute Gasteiger partial charge is 0.269 e. The predicted octanol–water partition coefficient (Wildman–Crippen LogP) is 2.35. The minimum Gasteiger partial charge on any atom is -0.493 e. The van der Waals surface area contributed by atoms with Gasteiger partial charge in [0.1, 0.15) is 0 Å². The minimum atomic E-state index is -0.399. The fourth-order valence-corrected chi connectivity index (χ4v) is 4.52. The van der Waals surface area contributed by atoms with E-state index in [0.717, 1.165) is 16.8 Å². The van der Waals surface area contributed by atoms with Gasteiger partial charge in [0, 0.05) is 30.9 Å². The van der Waals surface area contributed by atoms with Gasteiger partial charge in [-0.05, 0) is 42.2 Å². The van der Waals surface area contributed by atoms with Gasteiger partial charge in [-0.1, -0.05) is 6.07 Å². The largest absolute Gasteiger partial charge is 0.493 e. The molecule has 32 heavy (non-hydrogen) atoms. The summed E-state index contributed by atoms with van der Waals surface area (Å²) in [6, 6.07) is 10.5. The molecular formula is C23H27N3O6. The number of rotatable bonds is 7. The third kappa shape index (κ3) is 4.34. The van der Waals surface area contributed by atoms with Crippen molar-refractivity contribution in [1.29, 1.82) is 0 Å². The van der Waals surface area contributed by atoms with E-state index in [4.69, 9.17) is 14.2 Å². The fourth-order valence-electron chi connectivity index (χ4n) is 4.52. The SMILES string of the molecule is COc1ccc(CCNC(=O)C2Cc3cc([N+](=O)[O-])ccc3N3CCOCC23)cc1OC. The van der Waals surface area contributed by atoms with Crippen molar-refractivity contribution in [2.24, 2.45) is 5.92 Å². The van der Waals surface area contributed by atoms with Gasteiger partial charge in [-0.15, -0.1) is 0 Å². The number of nitro benzene ring substituents is 1. The zero-order chi connectivity index (χ0) is 22.7. The first kappa shape index (κ1) is 21.9. The molecule has 2 unspecified atom stereocenters. The fraction of sp³-hybridized carbons (Fsp3) is 0.435. The van der Waals surface area contributed by atoms with Gasteiger partial charge in [0.05, 0.1) is 44.3 Å². The number of amides is 1. The molecule has 0 aliphatic carbocycles. The van der Waals surface area contributed by atoms with Crippen LogP contribution in [0.2, 0.25) is 0 Å². The molecule has 2 atom stereocenters. The average molecular weight is 441 g/mol. The van der Waals surface area contributed by atoms with E-state index in [0.29, 0.717) is 50.6 Å². The molecule has 170 valence electrons. The summed E-state index contributed by atoms with van der Waals surface area (Å²) in [6.07, 6.45) is 1.09. The number of morpholine rings is 1. The molecule has 0 aromatic heterocycles. The highest BCUT2D eigenvalue weighted by atomic mass is 16.6. The summed E-state index contributed by atoms with van der Waals surface area (Å²) in [7, 11) is 3.18. The second kappa shape index (κ2) is 9.44. The van der Waals surface area contributed by atoms with Gasteiger partial charge >= 0.3 is 0 Å². The molecule has 1 saturated heterocycles. The van der Waals surface area contributed by atoms with E-state index in [1.807, 2.05) is 18.2 Å². The van der Waals surface area contributed by atoms with Gasteiger partial charge in [0.2, 0.25) is 5.91 Å². The van der Waals surface area contributed by atoms with Crippen molar-refractivity contribution in [2.75, 3.05) is 45.4 Å². The lowest BCUT2D eigenvalue weighted by Gasteiger charge is -2.45. The third-order valence-corrected chi connectivity index (χ3v) is 6.15. The standard InChI is InChI=1S/C23H27N3O6/c1-30-21-6-3-15(11-22(21)31-2)7-8-24-23(27)18-13-16-12-17(26(28)29)4-5-19(16)25-9-10-32-14-20(18)25/h3-6,11-12,18,20H,7-10,13-14H2,1-2H3,(H,24,27). The van der Waals surface area contributed by atoms with E-state index in [2.05, 4.69) is 10.2 Å². The number of anilines is 1. The maximum Gasteiger partial charge on any atom is 0.269 e. The Labute approximate surface area is 186 Å². The Morgan fingerprint density at radius 3 is 2.78 bits per heavy atom. The van der Waals surface area contributed by atoms with E-state index >= 15 is 0 Å². The molecule has 1 fully saturated rings. The Morgan fingerprint density at radius 1 is 1.22 bits per heavy atom. The van der Waals surface area contributed by atoms with Crippen molar-refractivity contribution in [2.45, 2.75) is 18.9 Å². The van der Waals surface area contributed by atoms with Crippen LogP contribution in [0.15, 0.2) is 36.4 Å². The lowest BCUT2D eigenvalue weighted by atomic mass is 9.84. The molecule has 0 bridgehead atoms. The highest BCUT2D eigenvalue weighted by Gasteiger charge is 2.40. The summed E-state index contributed by atoms with van der Waals surface area (Å²) in [6.45, 7) is 2.16. The second-order valence-corrected chi connectivity index (χ2v) is 7.95. The number of methoxy groups -OCH3 is 2. The zero-order valence-electron chi connectivity index (χ0n) is 18.2. The Kier molecular flexibility index (Phi) is 6.45. The molecule has 9 nitrogen and oxygen atoms in total. The third-order valence-electron chi connectivity index (χ3n) is 6.15. The molecule has 4 rings (SSSR count). The number of benzene rings is 2. The van der Waals surface area contributed by atoms with Crippen molar-refractivity contribution in [3.8, 4) is 11.5 Å². The summed E-state index contributed by atoms with van der Waals surface area (Å²) in [4.78, 5) is 26.1. The van der Waals surface area contributed by atoms with E-state index in [9.17, 15) is 14.9 Å². The van der Waals surface area contributed by atoms with Gasteiger partial charge < -0.3 is 24.4 Å². The maximum absolute atomic E-state index is 13.1. The van der Waals surface area contributed by atoms with Crippen molar-refractivity contribution in [3.63, 3.8) is 0 Å². The molecule has 2 aromatic rings. The molecule has 1 N–H and O–H groups in total. The van der Waals surface area contributed by atoms with Crippen LogP contribution in [0.5, 0.6) is 11.5 Å². The number of ether oxygens (including phenoxy) is 3. The second-order valence-electron chi connectivity index (χ2n) is 7.95. The minimum absolute atomic E-state index is 0.0445. The number of carbonyl (C=O) groups excluding carboxylic acids is 1. The molecule has 0 spiro atoms. The van der Waals surface area contributed by atoms with Crippen LogP contribution in [0.1, 0.15) is 11.1 Å². The molecule has 2 aromatic carbocycles. The molecule has 2 aliphatic heterocycles. The Balaban J connectivity index is 1.46. The number of carbonyl (C=O) groups is 1. The van der Waals surface area contributed by atoms with E-state index < -0.39 is 4.92 Å². The van der Waals surface area contributed by atoms with Crippen molar-refractivity contribution in [1.82, 2.24) is 5.32 Å². The van der Waals surface area contributed by atoms with Crippen molar-refractivity contribution in [3.05, 3.63) is 57.6 Å². The van der Waals surface area contributed by atoms with Gasteiger partial charge in [-0.3, -0.25) is 14.9 Å². The highest BCUT2D eigenvalue weighted by molar-refractivity contribution is 5.82. The zero-order valence-corrected chi connectivity index (χ0v) is 18.2. The Bertz CT molecular complexity index is 1010. The van der Waals surface area contributed by atoms with E-state index in [-0.39, 0.29) is 23.6 Å². The number of nitrogens with zero attached hydrogens (tertiary/aromatic N) is 2. The predicted molar refractivity (Wildman–Crippen MR) is 119 cm³/mol. The van der Waals surface area contributed by atoms with Crippen LogP contribution < -0.4 is 19.7 Å². The van der Waals surface area contributed by atoms with Gasteiger partial charge in [0.15, 0.2) is 11.5 Å². The topological polar surface area (TPSA) is 103 Å². The van der Waals surface area contributed by atoms with Gasteiger partial charge in [0.25, 0.3) is 5.69 Å². The summed E-state index contributed by atoms with van der Waals surface area (Å²) in [5, 5.41) is 14.3. The lowest BCUT2D eigenvalue weighted by Crippen LogP contribution is -2.56. The lowest BCUT2D eigenvalue weighted by molar-refractivity contribution is -0.384. The summed E-state index contributed by atoms with van der Waals surface area (Å²) in [5.41, 5.74) is 2.86. The normalized spacial score (nSPS) is 19.5. The summed E-state index contributed by atoms with van der Waals surface area (Å²) < 4.78 is 16.3. The monoisotopic (exact) mass is 441 g/mol. The number of hydrogen-bond acceptors (Lipinski definition) is 7. The van der Waals surface area contributed by atoms with Crippen LogP contribution in [0.4, 0.5) is 11.4 Å². The molecule has 0 radical (unpaired) electrons. The Morgan fingerprint density at radius 2 is 2.03 bits per heavy atom. The van der Waals surface area contributed by atoms with Gasteiger partial charge in [-0.25, -0.2) is 0 Å². The van der Waals surface area contributed by atoms with Crippen LogP contribution in [-0.4, -0.2) is 57.4 Å². The number of hydrogen-bond donors (Lipinski definition) is 1. The first-order valence-electron chi connectivity index (χ1n) is 10.6. The first-order chi connectivity index (χ1) is 15.5. The number of fused-ring (bicyclic) bond motifs is 3. The van der Waals surface area contributed by atoms with Crippen LogP contribution >= 0.6 is 0 Å². The molecule has 1 amide bonds. The average Bonchev–Trinajstić information content (AvgIpc) is 2.82. The molecular weight excluding hydrogens is 414 g/mol. The Hall–Kier alpha value is -3.33. The number of nitrogens with one attached hydrogen (secondary N) is 1. The first-order valence-corrected chi connectivity index (χ1v) is 10.6. The van der Waals surface area contributed by atoms with Crippen LogP contribution in [0.25, 0.3) is 0 Å².